The number of anilines is 2. The van der Waals surface area contributed by atoms with Gasteiger partial charge in [0.15, 0.2) is 6.61 Å². The molecule has 1 fully saturated rings. The Morgan fingerprint density at radius 2 is 1.61 bits per heavy atom. The number of nitrogens with one attached hydrogen (secondary N) is 2. The van der Waals surface area contributed by atoms with Gasteiger partial charge in [0.25, 0.3) is 5.91 Å². The number of thioether (sulfide) groups is 1. The van der Waals surface area contributed by atoms with Crippen molar-refractivity contribution in [1.29, 1.82) is 0 Å². The normalized spacial score (nSPS) is 19.5. The highest BCUT2D eigenvalue weighted by Gasteiger charge is 2.56. The Labute approximate surface area is 243 Å². The van der Waals surface area contributed by atoms with Gasteiger partial charge in [0.05, 0.1) is 23.7 Å². The van der Waals surface area contributed by atoms with E-state index in [9.17, 15) is 19.2 Å². The van der Waals surface area contributed by atoms with Crippen LogP contribution in [-0.2, 0) is 14.4 Å². The van der Waals surface area contributed by atoms with E-state index in [1.807, 2.05) is 43.3 Å². The molecule has 9 nitrogen and oxygen atoms in total. The minimum absolute atomic E-state index is 0.175. The number of ether oxygens (including phenoxy) is 2. The van der Waals surface area contributed by atoms with Crippen molar-refractivity contribution in [2.75, 3.05) is 23.9 Å². The average Bonchev–Trinajstić information content (AvgIpc) is 3.47. The van der Waals surface area contributed by atoms with Gasteiger partial charge in [-0.05, 0) is 61.0 Å². The van der Waals surface area contributed by atoms with Crippen LogP contribution in [0, 0.1) is 12.8 Å². The quantitative estimate of drug-likeness (QED) is 0.304. The van der Waals surface area contributed by atoms with E-state index in [0.29, 0.717) is 27.9 Å². The molecule has 1 aromatic heterocycles. The van der Waals surface area contributed by atoms with Crippen molar-refractivity contribution in [1.82, 2.24) is 4.98 Å². The van der Waals surface area contributed by atoms with Crippen LogP contribution in [0.25, 0.3) is 0 Å². The second kappa shape index (κ2) is 10.9. The van der Waals surface area contributed by atoms with Crippen LogP contribution in [0.15, 0.2) is 82.6 Å². The zero-order valence-corrected chi connectivity index (χ0v) is 23.7. The first kappa shape index (κ1) is 26.9. The third-order valence-electron chi connectivity index (χ3n) is 7.10. The van der Waals surface area contributed by atoms with E-state index in [4.69, 9.17) is 9.47 Å². The molecule has 4 aromatic rings. The topological polar surface area (TPSA) is 118 Å². The van der Waals surface area contributed by atoms with Crippen molar-refractivity contribution in [3.8, 4) is 11.5 Å². The summed E-state index contributed by atoms with van der Waals surface area (Å²) in [7, 11) is 1.55. The van der Waals surface area contributed by atoms with Crippen molar-refractivity contribution >= 4 is 52.2 Å². The fourth-order valence-electron chi connectivity index (χ4n) is 5.12. The molecule has 0 spiro atoms. The maximum atomic E-state index is 13.8. The summed E-state index contributed by atoms with van der Waals surface area (Å²) in [6, 6.07) is 21.3. The second-order valence-corrected chi connectivity index (χ2v) is 11.9. The molecule has 6 rings (SSSR count). The first-order valence-corrected chi connectivity index (χ1v) is 14.5. The molecule has 2 aliphatic heterocycles. The van der Waals surface area contributed by atoms with E-state index < -0.39 is 17.1 Å². The molecule has 11 heteroatoms. The zero-order valence-electron chi connectivity index (χ0n) is 22.1. The van der Waals surface area contributed by atoms with E-state index in [0.717, 1.165) is 27.3 Å². The van der Waals surface area contributed by atoms with Crippen molar-refractivity contribution in [3.63, 3.8) is 0 Å². The second-order valence-electron chi connectivity index (χ2n) is 9.73. The number of methoxy groups -OCH3 is 1. The Hall–Kier alpha value is -4.35. The van der Waals surface area contributed by atoms with Crippen LogP contribution in [0.3, 0.4) is 0 Å². The SMILES string of the molecule is COc1ccc(N2C(=O)C3Sc4[nH]c(=O)sc4C(c4ccc(OCC(=O)Nc5ccc(C)cc5)cc4)C3C2=O)cc1. The number of benzene rings is 3. The van der Waals surface area contributed by atoms with Crippen molar-refractivity contribution in [3.05, 3.63) is 98.5 Å². The minimum Gasteiger partial charge on any atom is -0.497 e. The highest BCUT2D eigenvalue weighted by Crippen LogP contribution is 2.53. The maximum Gasteiger partial charge on any atom is 0.305 e. The molecular weight excluding hydrogens is 562 g/mol. The van der Waals surface area contributed by atoms with Gasteiger partial charge in [-0.15, -0.1) is 0 Å². The lowest BCUT2D eigenvalue weighted by molar-refractivity contribution is -0.122. The molecule has 0 bridgehead atoms. The molecule has 3 aromatic carbocycles. The first-order valence-electron chi connectivity index (χ1n) is 12.8. The summed E-state index contributed by atoms with van der Waals surface area (Å²) >= 11 is 2.28. The molecule has 1 saturated heterocycles. The summed E-state index contributed by atoms with van der Waals surface area (Å²) in [5, 5.41) is 2.72. The van der Waals surface area contributed by atoms with Crippen LogP contribution in [0.5, 0.6) is 11.5 Å². The molecule has 2 N–H and O–H groups in total. The summed E-state index contributed by atoms with van der Waals surface area (Å²) in [6.45, 7) is 1.80. The largest absolute Gasteiger partial charge is 0.497 e. The van der Waals surface area contributed by atoms with E-state index in [-0.39, 0.29) is 29.2 Å². The lowest BCUT2D eigenvalue weighted by Gasteiger charge is -2.29. The first-order chi connectivity index (χ1) is 19.8. The predicted octanol–water partition coefficient (Wildman–Crippen LogP) is 4.57. The van der Waals surface area contributed by atoms with Crippen LogP contribution >= 0.6 is 23.1 Å². The number of rotatable bonds is 7. The molecule has 0 saturated carbocycles. The van der Waals surface area contributed by atoms with E-state index >= 15 is 0 Å². The molecule has 3 heterocycles. The standard InChI is InChI=1S/C30H25N3O6S2/c1-16-3-7-18(8-4-16)31-22(34)15-39-21-11-5-17(6-12-21)23-24-26(40-27-25(23)41-30(37)32-27)29(36)33(28(24)35)19-9-13-20(38-2)14-10-19/h3-14,23-24,26H,15H2,1-2H3,(H,31,34)(H,32,37). The number of nitrogens with zero attached hydrogens (tertiary/aromatic N) is 1. The molecular formula is C30H25N3O6S2. The fraction of sp³-hybridized carbons (Fsp3) is 0.200. The number of carbonyl (C=O) groups is 3. The summed E-state index contributed by atoms with van der Waals surface area (Å²) in [4.78, 5) is 56.6. The number of H-pyrrole nitrogens is 1. The number of hydrogen-bond donors (Lipinski definition) is 2. The lowest BCUT2D eigenvalue weighted by atomic mass is 9.83. The van der Waals surface area contributed by atoms with Gasteiger partial charge in [-0.1, -0.05) is 52.9 Å². The van der Waals surface area contributed by atoms with Gasteiger partial charge < -0.3 is 19.8 Å². The van der Waals surface area contributed by atoms with Crippen molar-refractivity contribution < 1.29 is 23.9 Å². The number of aromatic nitrogens is 1. The fourth-order valence-corrected chi connectivity index (χ4v) is 7.63. The summed E-state index contributed by atoms with van der Waals surface area (Å²) in [6.07, 6.45) is 0. The smallest absolute Gasteiger partial charge is 0.305 e. The number of aryl methyl sites for hydroxylation is 1. The third-order valence-corrected chi connectivity index (χ3v) is 9.50. The maximum absolute atomic E-state index is 13.8. The predicted molar refractivity (Wildman–Crippen MR) is 157 cm³/mol. The number of hydrogen-bond acceptors (Lipinski definition) is 8. The molecule has 0 aliphatic carbocycles. The zero-order chi connectivity index (χ0) is 28.7. The Morgan fingerprint density at radius 1 is 0.927 bits per heavy atom. The van der Waals surface area contributed by atoms with Gasteiger partial charge in [-0.25, -0.2) is 4.90 Å². The molecule has 2 aliphatic rings. The Bertz CT molecular complexity index is 1680. The molecule has 3 atom stereocenters. The summed E-state index contributed by atoms with van der Waals surface area (Å²) in [5.41, 5.74) is 3.02. The lowest BCUT2D eigenvalue weighted by Crippen LogP contribution is -2.32. The van der Waals surface area contributed by atoms with Crippen molar-refractivity contribution in [2.45, 2.75) is 23.1 Å². The number of aromatic amines is 1. The van der Waals surface area contributed by atoms with Crippen molar-refractivity contribution in [2.24, 2.45) is 5.92 Å². The average molecular weight is 588 g/mol. The van der Waals surface area contributed by atoms with E-state index in [2.05, 4.69) is 10.3 Å². The highest BCUT2D eigenvalue weighted by atomic mass is 32.2. The highest BCUT2D eigenvalue weighted by molar-refractivity contribution is 8.00. The number of amides is 3. The van der Waals surface area contributed by atoms with Gasteiger partial charge in [-0.2, -0.15) is 0 Å². The minimum atomic E-state index is -0.694. The Kier molecular flexibility index (Phi) is 7.14. The van der Waals surface area contributed by atoms with E-state index in [1.165, 1.54) is 16.7 Å². The van der Waals surface area contributed by atoms with Crippen LogP contribution in [0.4, 0.5) is 11.4 Å². The molecule has 41 heavy (non-hydrogen) atoms. The van der Waals surface area contributed by atoms with Gasteiger partial charge in [0.2, 0.25) is 11.8 Å². The van der Waals surface area contributed by atoms with Gasteiger partial charge >= 0.3 is 4.87 Å². The van der Waals surface area contributed by atoms with Crippen LogP contribution in [0.2, 0.25) is 0 Å². The van der Waals surface area contributed by atoms with E-state index in [1.54, 1.807) is 43.5 Å². The van der Waals surface area contributed by atoms with Gasteiger partial charge in [0, 0.05) is 16.5 Å². The monoisotopic (exact) mass is 587 g/mol. The van der Waals surface area contributed by atoms with Crippen LogP contribution in [0.1, 0.15) is 21.9 Å². The number of fused-ring (bicyclic) bond motifs is 2. The van der Waals surface area contributed by atoms with Gasteiger partial charge in [0.1, 0.15) is 16.7 Å². The molecule has 208 valence electrons. The summed E-state index contributed by atoms with van der Waals surface area (Å²) in [5.74, 6) is -1.03. The Morgan fingerprint density at radius 3 is 2.29 bits per heavy atom. The number of imide groups is 1. The van der Waals surface area contributed by atoms with Crippen LogP contribution in [-0.4, -0.2) is 41.7 Å². The third kappa shape index (κ3) is 5.14. The van der Waals surface area contributed by atoms with Crippen LogP contribution < -0.4 is 24.6 Å². The molecule has 0 radical (unpaired) electrons. The molecule has 3 amide bonds. The number of carbonyl (C=O) groups excluding carboxylic acids is 3. The van der Waals surface area contributed by atoms with Gasteiger partial charge in [-0.3, -0.25) is 19.2 Å². The Balaban J connectivity index is 1.23. The number of thiazole rings is 1. The molecule has 3 unspecified atom stereocenters. The summed E-state index contributed by atoms with van der Waals surface area (Å²) < 4.78 is 10.9.